The lowest BCUT2D eigenvalue weighted by Crippen LogP contribution is -1.98. The maximum atomic E-state index is 12.3. The van der Waals surface area contributed by atoms with Crippen molar-refractivity contribution in [2.75, 3.05) is 6.61 Å². The van der Waals surface area contributed by atoms with Crippen LogP contribution in [0.25, 0.3) is 11.8 Å². The monoisotopic (exact) mass is 418 g/mol. The zero-order valence-electron chi connectivity index (χ0n) is 19.0. The number of hydrogen-bond acceptors (Lipinski definition) is 3. The van der Waals surface area contributed by atoms with Gasteiger partial charge in [0.25, 0.3) is 0 Å². The largest absolute Gasteiger partial charge is 0.494 e. The molecule has 0 aliphatic carbocycles. The molecule has 0 fully saturated rings. The van der Waals surface area contributed by atoms with Crippen LogP contribution in [0.15, 0.2) is 60.2 Å². The van der Waals surface area contributed by atoms with Gasteiger partial charge in [-0.3, -0.25) is 0 Å². The van der Waals surface area contributed by atoms with Gasteiger partial charge in [-0.2, -0.15) is 0 Å². The molecule has 31 heavy (non-hydrogen) atoms. The first-order valence-electron chi connectivity index (χ1n) is 11.6. The Labute approximate surface area is 186 Å². The Hall–Kier alpha value is -2.81. The number of rotatable bonds is 11. The van der Waals surface area contributed by atoms with Gasteiger partial charge in [-0.15, -0.1) is 0 Å². The Kier molecular flexibility index (Phi) is 8.52. The molecule has 1 aliphatic heterocycles. The van der Waals surface area contributed by atoms with Gasteiger partial charge < -0.3 is 9.47 Å². The van der Waals surface area contributed by atoms with Gasteiger partial charge in [-0.05, 0) is 47.8 Å². The minimum absolute atomic E-state index is 0.314. The molecule has 1 aliphatic rings. The van der Waals surface area contributed by atoms with Crippen molar-refractivity contribution in [2.24, 2.45) is 0 Å². The molecule has 0 aromatic heterocycles. The number of ether oxygens (including phenoxy) is 2. The van der Waals surface area contributed by atoms with Gasteiger partial charge in [-0.1, -0.05) is 89.3 Å². The lowest BCUT2D eigenvalue weighted by Gasteiger charge is -2.07. The van der Waals surface area contributed by atoms with Crippen molar-refractivity contribution in [2.45, 2.75) is 65.2 Å². The number of carbonyl (C=O) groups excluding carboxylic acids is 1. The Balaban J connectivity index is 1.55. The van der Waals surface area contributed by atoms with Crippen LogP contribution < -0.4 is 4.74 Å². The van der Waals surface area contributed by atoms with Gasteiger partial charge in [0.15, 0.2) is 0 Å². The normalized spacial score (nSPS) is 14.8. The molecule has 0 atom stereocenters. The van der Waals surface area contributed by atoms with Crippen molar-refractivity contribution in [1.82, 2.24) is 0 Å². The molecule has 2 aromatic carbocycles. The van der Waals surface area contributed by atoms with Crippen LogP contribution in [0.5, 0.6) is 5.75 Å². The Bertz CT molecular complexity index is 902. The molecule has 0 amide bonds. The average Bonchev–Trinajstić information content (AvgIpc) is 3.14. The summed E-state index contributed by atoms with van der Waals surface area (Å²) in [7, 11) is 0. The Morgan fingerprint density at radius 3 is 2.26 bits per heavy atom. The van der Waals surface area contributed by atoms with Gasteiger partial charge in [0.05, 0.1) is 12.2 Å². The molecule has 0 radical (unpaired) electrons. The number of hydrogen-bond donors (Lipinski definition) is 0. The summed E-state index contributed by atoms with van der Waals surface area (Å²) in [6.07, 6.45) is 11.2. The molecule has 1 heterocycles. The lowest BCUT2D eigenvalue weighted by molar-refractivity contribution is -0.130. The van der Waals surface area contributed by atoms with Crippen molar-refractivity contribution in [3.05, 3.63) is 76.9 Å². The summed E-state index contributed by atoms with van der Waals surface area (Å²) in [6, 6.07) is 16.0. The second kappa shape index (κ2) is 11.5. The summed E-state index contributed by atoms with van der Waals surface area (Å²) >= 11 is 0. The molecule has 0 bridgehead atoms. The van der Waals surface area contributed by atoms with E-state index in [0.717, 1.165) is 29.9 Å². The first kappa shape index (κ1) is 22.9. The van der Waals surface area contributed by atoms with Crippen LogP contribution in [0.4, 0.5) is 0 Å². The lowest BCUT2D eigenvalue weighted by atomic mass is 10.0. The molecule has 164 valence electrons. The van der Waals surface area contributed by atoms with Crippen LogP contribution in [0, 0.1) is 0 Å². The fraction of sp³-hybridized carbons (Fsp3) is 0.393. The quantitative estimate of drug-likeness (QED) is 0.215. The SMILES string of the molecule is CCCCCCCCOc1ccc(C=C2C=C(c3ccc(C(C)C)cc3)OC2=O)cc1. The molecule has 0 saturated carbocycles. The number of cyclic esters (lactones) is 1. The van der Waals surface area contributed by atoms with Crippen molar-refractivity contribution >= 4 is 17.8 Å². The first-order chi connectivity index (χ1) is 15.1. The fourth-order valence-electron chi connectivity index (χ4n) is 3.58. The van der Waals surface area contributed by atoms with Gasteiger partial charge in [0, 0.05) is 5.56 Å². The number of carbonyl (C=O) groups is 1. The average molecular weight is 419 g/mol. The topological polar surface area (TPSA) is 35.5 Å². The molecule has 0 spiro atoms. The highest BCUT2D eigenvalue weighted by atomic mass is 16.5. The van der Waals surface area contributed by atoms with Crippen LogP contribution in [0.1, 0.15) is 81.9 Å². The van der Waals surface area contributed by atoms with Gasteiger partial charge >= 0.3 is 5.97 Å². The molecule has 3 rings (SSSR count). The fourth-order valence-corrected chi connectivity index (χ4v) is 3.58. The predicted octanol–water partition coefficient (Wildman–Crippen LogP) is 7.53. The molecule has 0 unspecified atom stereocenters. The molecular weight excluding hydrogens is 384 g/mol. The minimum Gasteiger partial charge on any atom is -0.494 e. The summed E-state index contributed by atoms with van der Waals surface area (Å²) in [5.41, 5.74) is 3.69. The summed E-state index contributed by atoms with van der Waals surface area (Å²) < 4.78 is 11.3. The molecule has 2 aromatic rings. The van der Waals surface area contributed by atoms with E-state index in [9.17, 15) is 4.79 Å². The molecule has 0 N–H and O–H groups in total. The highest BCUT2D eigenvalue weighted by Gasteiger charge is 2.22. The van der Waals surface area contributed by atoms with Crippen LogP contribution in [-0.2, 0) is 9.53 Å². The van der Waals surface area contributed by atoms with E-state index >= 15 is 0 Å². The summed E-state index contributed by atoms with van der Waals surface area (Å²) in [4.78, 5) is 12.3. The third-order valence-electron chi connectivity index (χ3n) is 5.56. The molecular formula is C28H34O3. The second-order valence-corrected chi connectivity index (χ2v) is 8.46. The van der Waals surface area contributed by atoms with Gasteiger partial charge in [-0.25, -0.2) is 4.79 Å². The standard InChI is InChI=1S/C28H34O3/c1-4-5-6-7-8-9-18-30-26-16-10-22(11-17-26)19-25-20-27(31-28(25)29)24-14-12-23(13-15-24)21(2)3/h10-17,19-21H,4-9,18H2,1-3H3. The smallest absolute Gasteiger partial charge is 0.343 e. The van der Waals surface area contributed by atoms with E-state index in [1.165, 1.54) is 37.7 Å². The zero-order valence-corrected chi connectivity index (χ0v) is 19.0. The van der Waals surface area contributed by atoms with Crippen LogP contribution in [-0.4, -0.2) is 12.6 Å². The van der Waals surface area contributed by atoms with Crippen LogP contribution in [0.3, 0.4) is 0 Å². The minimum atomic E-state index is -0.314. The summed E-state index contributed by atoms with van der Waals surface area (Å²) in [5.74, 6) is 1.63. The Morgan fingerprint density at radius 1 is 0.903 bits per heavy atom. The second-order valence-electron chi connectivity index (χ2n) is 8.46. The molecule has 0 saturated heterocycles. The van der Waals surface area contributed by atoms with E-state index in [1.54, 1.807) is 0 Å². The molecule has 3 heteroatoms. The number of benzene rings is 2. The third kappa shape index (κ3) is 6.85. The predicted molar refractivity (Wildman–Crippen MR) is 128 cm³/mol. The maximum absolute atomic E-state index is 12.3. The van der Waals surface area contributed by atoms with Crippen molar-refractivity contribution in [1.29, 1.82) is 0 Å². The van der Waals surface area contributed by atoms with E-state index in [4.69, 9.17) is 9.47 Å². The number of esters is 1. The highest BCUT2D eigenvalue weighted by molar-refractivity contribution is 6.05. The van der Waals surface area contributed by atoms with Crippen molar-refractivity contribution in [3.63, 3.8) is 0 Å². The van der Waals surface area contributed by atoms with E-state index < -0.39 is 0 Å². The van der Waals surface area contributed by atoms with E-state index in [1.807, 2.05) is 48.6 Å². The van der Waals surface area contributed by atoms with Crippen molar-refractivity contribution < 1.29 is 14.3 Å². The summed E-state index contributed by atoms with van der Waals surface area (Å²) in [6.45, 7) is 7.31. The van der Waals surface area contributed by atoms with Crippen LogP contribution in [0.2, 0.25) is 0 Å². The van der Waals surface area contributed by atoms with E-state index in [0.29, 0.717) is 17.3 Å². The zero-order chi connectivity index (χ0) is 22.1. The van der Waals surface area contributed by atoms with E-state index in [-0.39, 0.29) is 5.97 Å². The van der Waals surface area contributed by atoms with Gasteiger partial charge in [0.1, 0.15) is 11.5 Å². The highest BCUT2D eigenvalue weighted by Crippen LogP contribution is 2.28. The number of unbranched alkanes of at least 4 members (excludes halogenated alkanes) is 5. The maximum Gasteiger partial charge on any atom is 0.343 e. The van der Waals surface area contributed by atoms with Crippen LogP contribution >= 0.6 is 0 Å². The summed E-state index contributed by atoms with van der Waals surface area (Å²) in [5, 5.41) is 0. The Morgan fingerprint density at radius 2 is 1.58 bits per heavy atom. The van der Waals surface area contributed by atoms with E-state index in [2.05, 4.69) is 32.9 Å². The first-order valence-corrected chi connectivity index (χ1v) is 11.6. The molecule has 3 nitrogen and oxygen atoms in total. The third-order valence-corrected chi connectivity index (χ3v) is 5.56. The van der Waals surface area contributed by atoms with Gasteiger partial charge in [0.2, 0.25) is 0 Å². The van der Waals surface area contributed by atoms with Crippen molar-refractivity contribution in [3.8, 4) is 5.75 Å².